The fourth-order valence-electron chi connectivity index (χ4n) is 5.30. The number of hydrogen-bond acceptors (Lipinski definition) is 10. The van der Waals surface area contributed by atoms with E-state index in [2.05, 4.69) is 11.1 Å². The number of thiazole rings is 1. The van der Waals surface area contributed by atoms with Gasteiger partial charge in [-0.2, -0.15) is 5.26 Å². The monoisotopic (exact) mass is 653 g/mol. The quantitative estimate of drug-likeness (QED) is 0.195. The van der Waals surface area contributed by atoms with Gasteiger partial charge in [-0.15, -0.1) is 0 Å². The number of ether oxygens (including phenoxy) is 5. The SMILES string of the molecule is CCOC(=O)C1=C(C)N=c2s/c(=C/c3ccc(OCc4ccccc4C#N)c(OCC)c3)c(=O)n2[C@H]1c1ccc(OC)c(OCC)c1. The number of hydrogen-bond donors (Lipinski definition) is 0. The van der Waals surface area contributed by atoms with Crippen LogP contribution in [0.4, 0.5) is 0 Å². The van der Waals surface area contributed by atoms with Gasteiger partial charge in [-0.3, -0.25) is 9.36 Å². The first-order chi connectivity index (χ1) is 22.8. The van der Waals surface area contributed by atoms with Crippen molar-refractivity contribution >= 4 is 23.4 Å². The van der Waals surface area contributed by atoms with Gasteiger partial charge in [0.1, 0.15) is 6.61 Å². The van der Waals surface area contributed by atoms with Gasteiger partial charge in [-0.25, -0.2) is 9.79 Å². The molecule has 1 atom stereocenters. The van der Waals surface area contributed by atoms with Crippen molar-refractivity contribution in [2.45, 2.75) is 40.3 Å². The molecule has 0 bridgehead atoms. The molecular weight excluding hydrogens is 618 g/mol. The number of benzene rings is 3. The number of carbonyl (C=O) groups is 1. The van der Waals surface area contributed by atoms with Gasteiger partial charge in [0, 0.05) is 5.56 Å². The summed E-state index contributed by atoms with van der Waals surface area (Å²) < 4.78 is 30.6. The van der Waals surface area contributed by atoms with Gasteiger partial charge in [0.15, 0.2) is 27.8 Å². The smallest absolute Gasteiger partial charge is 0.338 e. The maximum Gasteiger partial charge on any atom is 0.338 e. The Kier molecular flexibility index (Phi) is 10.4. The molecule has 0 unspecified atom stereocenters. The van der Waals surface area contributed by atoms with Crippen molar-refractivity contribution in [2.75, 3.05) is 26.9 Å². The molecule has 3 aromatic carbocycles. The third-order valence-corrected chi connectivity index (χ3v) is 8.39. The molecule has 5 rings (SSSR count). The Morgan fingerprint density at radius 3 is 2.38 bits per heavy atom. The molecule has 0 amide bonds. The molecule has 2 heterocycles. The fourth-order valence-corrected chi connectivity index (χ4v) is 6.35. The minimum atomic E-state index is -0.802. The number of allylic oxidation sites excluding steroid dienone is 1. The van der Waals surface area contributed by atoms with E-state index in [1.165, 1.54) is 15.9 Å². The number of aromatic nitrogens is 1. The van der Waals surface area contributed by atoms with E-state index >= 15 is 0 Å². The van der Waals surface area contributed by atoms with Crippen molar-refractivity contribution in [3.8, 4) is 29.1 Å². The summed E-state index contributed by atoms with van der Waals surface area (Å²) >= 11 is 1.23. The highest BCUT2D eigenvalue weighted by atomic mass is 32.1. The Balaban J connectivity index is 1.58. The number of methoxy groups -OCH3 is 1. The average Bonchev–Trinajstić information content (AvgIpc) is 3.37. The van der Waals surface area contributed by atoms with Crippen LogP contribution in [-0.2, 0) is 16.1 Å². The second kappa shape index (κ2) is 14.8. The van der Waals surface area contributed by atoms with E-state index in [1.807, 2.05) is 44.2 Å². The van der Waals surface area contributed by atoms with E-state index in [-0.39, 0.29) is 24.3 Å². The van der Waals surface area contributed by atoms with Crippen molar-refractivity contribution in [3.05, 3.63) is 114 Å². The lowest BCUT2D eigenvalue weighted by Gasteiger charge is -2.25. The number of nitriles is 1. The topological polar surface area (TPSA) is 121 Å². The summed E-state index contributed by atoms with van der Waals surface area (Å²) in [5.41, 5.74) is 3.10. The van der Waals surface area contributed by atoms with Gasteiger partial charge < -0.3 is 23.7 Å². The summed E-state index contributed by atoms with van der Waals surface area (Å²) in [5, 5.41) is 9.43. The van der Waals surface area contributed by atoms with Crippen LogP contribution in [0.15, 0.2) is 81.7 Å². The van der Waals surface area contributed by atoms with Crippen LogP contribution < -0.4 is 33.8 Å². The van der Waals surface area contributed by atoms with E-state index in [0.29, 0.717) is 67.9 Å². The van der Waals surface area contributed by atoms with Crippen LogP contribution in [0.2, 0.25) is 0 Å². The molecule has 0 radical (unpaired) electrons. The number of carbonyl (C=O) groups excluding carboxylic acids is 1. The molecular formula is C36H35N3O7S. The Labute approximate surface area is 276 Å². The zero-order chi connectivity index (χ0) is 33.5. The van der Waals surface area contributed by atoms with Crippen LogP contribution in [0.5, 0.6) is 23.0 Å². The van der Waals surface area contributed by atoms with E-state index in [4.69, 9.17) is 23.7 Å². The van der Waals surface area contributed by atoms with E-state index in [0.717, 1.165) is 5.56 Å². The first-order valence-corrected chi connectivity index (χ1v) is 16.0. The normalized spacial score (nSPS) is 14.1. The largest absolute Gasteiger partial charge is 0.493 e. The summed E-state index contributed by atoms with van der Waals surface area (Å²) in [7, 11) is 1.55. The van der Waals surface area contributed by atoms with Gasteiger partial charge in [0.05, 0.1) is 60.4 Å². The molecule has 0 spiro atoms. The number of fused-ring (bicyclic) bond motifs is 1. The third kappa shape index (κ3) is 6.93. The molecule has 47 heavy (non-hydrogen) atoms. The van der Waals surface area contributed by atoms with Crippen LogP contribution in [-0.4, -0.2) is 37.5 Å². The summed E-state index contributed by atoms with van der Waals surface area (Å²) in [5.74, 6) is 1.50. The molecule has 11 heteroatoms. The van der Waals surface area contributed by atoms with Crippen LogP contribution in [0.25, 0.3) is 6.08 Å². The molecule has 10 nitrogen and oxygen atoms in total. The van der Waals surface area contributed by atoms with Gasteiger partial charge in [-0.1, -0.05) is 41.7 Å². The van der Waals surface area contributed by atoms with Crippen LogP contribution in [0.3, 0.4) is 0 Å². The Morgan fingerprint density at radius 2 is 1.68 bits per heavy atom. The molecule has 1 aromatic heterocycles. The highest BCUT2D eigenvalue weighted by molar-refractivity contribution is 7.07. The number of rotatable bonds is 12. The molecule has 0 fully saturated rings. The molecule has 0 aliphatic carbocycles. The summed E-state index contributed by atoms with van der Waals surface area (Å²) in [6.45, 7) is 8.39. The Hall–Kier alpha value is -5.34. The zero-order valence-electron chi connectivity index (χ0n) is 26.9. The lowest BCUT2D eigenvalue weighted by atomic mass is 9.95. The van der Waals surface area contributed by atoms with Crippen molar-refractivity contribution in [3.63, 3.8) is 0 Å². The van der Waals surface area contributed by atoms with E-state index in [9.17, 15) is 14.9 Å². The van der Waals surface area contributed by atoms with Crippen molar-refractivity contribution < 1.29 is 28.5 Å². The van der Waals surface area contributed by atoms with Gasteiger partial charge in [0.25, 0.3) is 5.56 Å². The van der Waals surface area contributed by atoms with Crippen molar-refractivity contribution in [1.29, 1.82) is 5.26 Å². The average molecular weight is 654 g/mol. The lowest BCUT2D eigenvalue weighted by Crippen LogP contribution is -2.40. The molecule has 242 valence electrons. The summed E-state index contributed by atoms with van der Waals surface area (Å²) in [4.78, 5) is 32.6. The minimum absolute atomic E-state index is 0.173. The molecule has 0 N–H and O–H groups in total. The maximum atomic E-state index is 14.1. The van der Waals surface area contributed by atoms with Crippen molar-refractivity contribution in [2.24, 2.45) is 4.99 Å². The third-order valence-electron chi connectivity index (χ3n) is 7.41. The predicted octanol–water partition coefficient (Wildman–Crippen LogP) is 5.05. The standard InChI is InChI=1S/C36H35N3O7S/c1-6-43-29-17-23(13-15-28(29)46-21-26-12-10-9-11-25(26)20-37)18-31-34(40)39-33(24-14-16-27(42-5)30(19-24)44-7-2)32(35(41)45-8-3)22(4)38-36(39)47-31/h9-19,33H,6-8,21H2,1-5H3/b31-18+/t33-/m0/s1. The second-order valence-corrected chi connectivity index (χ2v) is 11.4. The van der Waals surface area contributed by atoms with Crippen LogP contribution >= 0.6 is 11.3 Å². The van der Waals surface area contributed by atoms with Gasteiger partial charge >= 0.3 is 5.97 Å². The molecule has 4 aromatic rings. The first kappa shape index (κ1) is 33.0. The minimum Gasteiger partial charge on any atom is -0.493 e. The van der Waals surface area contributed by atoms with E-state index in [1.54, 1.807) is 57.4 Å². The number of esters is 1. The zero-order valence-corrected chi connectivity index (χ0v) is 27.7. The maximum absolute atomic E-state index is 14.1. The Bertz CT molecular complexity index is 2060. The summed E-state index contributed by atoms with van der Waals surface area (Å²) in [6.07, 6.45) is 1.77. The van der Waals surface area contributed by atoms with Crippen LogP contribution in [0, 0.1) is 11.3 Å². The van der Waals surface area contributed by atoms with Crippen molar-refractivity contribution in [1.82, 2.24) is 4.57 Å². The fraction of sp³-hybridized carbons (Fsp3) is 0.278. The molecule has 1 aliphatic rings. The van der Waals surface area contributed by atoms with Gasteiger partial charge in [-0.05, 0) is 75.2 Å². The Morgan fingerprint density at radius 1 is 0.957 bits per heavy atom. The lowest BCUT2D eigenvalue weighted by molar-refractivity contribution is -0.139. The second-order valence-electron chi connectivity index (χ2n) is 10.3. The molecule has 0 saturated carbocycles. The van der Waals surface area contributed by atoms with Gasteiger partial charge in [0.2, 0.25) is 0 Å². The van der Waals surface area contributed by atoms with E-state index < -0.39 is 12.0 Å². The molecule has 1 aliphatic heterocycles. The highest BCUT2D eigenvalue weighted by Crippen LogP contribution is 2.36. The van der Waals surface area contributed by atoms with Crippen LogP contribution in [0.1, 0.15) is 56.0 Å². The summed E-state index contributed by atoms with van der Waals surface area (Å²) in [6, 6.07) is 19.4. The highest BCUT2D eigenvalue weighted by Gasteiger charge is 2.34. The molecule has 0 saturated heterocycles. The first-order valence-electron chi connectivity index (χ1n) is 15.2. The number of nitrogens with zero attached hydrogens (tertiary/aromatic N) is 3. The predicted molar refractivity (Wildman–Crippen MR) is 178 cm³/mol.